The van der Waals surface area contributed by atoms with Crippen molar-refractivity contribution in [3.8, 4) is 0 Å². The molecule has 0 aromatic carbocycles. The quantitative estimate of drug-likeness (QED) is 0.675. The first-order valence-electron chi connectivity index (χ1n) is 5.03. The molecule has 1 aliphatic carbocycles. The monoisotopic (exact) mass is 187 g/mol. The van der Waals surface area contributed by atoms with Crippen LogP contribution in [0.25, 0.3) is 0 Å². The average molecular weight is 187 g/mol. The van der Waals surface area contributed by atoms with Crippen LogP contribution in [0.3, 0.4) is 0 Å². The summed E-state index contributed by atoms with van der Waals surface area (Å²) in [5.41, 5.74) is 6.06. The SMILES string of the molecule is COCCOC1CCC(C)(N)CC1. The molecule has 0 unspecified atom stereocenters. The fourth-order valence-electron chi connectivity index (χ4n) is 1.72. The van der Waals surface area contributed by atoms with Crippen LogP contribution in [-0.4, -0.2) is 32.0 Å². The maximum absolute atomic E-state index is 6.01. The van der Waals surface area contributed by atoms with Gasteiger partial charge in [0, 0.05) is 12.6 Å². The molecule has 0 radical (unpaired) electrons. The lowest BCUT2D eigenvalue weighted by Crippen LogP contribution is -2.41. The Bertz CT molecular complexity index is 138. The molecule has 78 valence electrons. The number of rotatable bonds is 4. The van der Waals surface area contributed by atoms with E-state index in [9.17, 15) is 0 Å². The van der Waals surface area contributed by atoms with E-state index in [0.717, 1.165) is 25.7 Å². The van der Waals surface area contributed by atoms with Gasteiger partial charge in [-0.2, -0.15) is 0 Å². The van der Waals surface area contributed by atoms with Crippen LogP contribution < -0.4 is 5.73 Å². The Morgan fingerprint density at radius 3 is 2.46 bits per heavy atom. The highest BCUT2D eigenvalue weighted by atomic mass is 16.5. The lowest BCUT2D eigenvalue weighted by Gasteiger charge is -2.33. The normalized spacial score (nSPS) is 34.8. The van der Waals surface area contributed by atoms with Gasteiger partial charge in [-0.25, -0.2) is 0 Å². The average Bonchev–Trinajstić information content (AvgIpc) is 2.08. The van der Waals surface area contributed by atoms with Crippen LogP contribution in [-0.2, 0) is 9.47 Å². The second-order valence-corrected chi connectivity index (χ2v) is 4.22. The summed E-state index contributed by atoms with van der Waals surface area (Å²) in [6.07, 6.45) is 4.75. The Labute approximate surface area is 80.6 Å². The summed E-state index contributed by atoms with van der Waals surface area (Å²) in [5, 5.41) is 0. The zero-order valence-electron chi connectivity index (χ0n) is 8.71. The molecule has 0 atom stereocenters. The van der Waals surface area contributed by atoms with Gasteiger partial charge in [-0.05, 0) is 32.6 Å². The molecule has 1 fully saturated rings. The first-order chi connectivity index (χ1) is 6.14. The summed E-state index contributed by atoms with van der Waals surface area (Å²) in [6, 6.07) is 0. The van der Waals surface area contributed by atoms with E-state index in [-0.39, 0.29) is 5.54 Å². The van der Waals surface area contributed by atoms with Crippen LogP contribution in [0.5, 0.6) is 0 Å². The summed E-state index contributed by atoms with van der Waals surface area (Å²) < 4.78 is 10.6. The molecule has 0 aromatic rings. The Balaban J connectivity index is 2.11. The zero-order chi connectivity index (χ0) is 9.73. The summed E-state index contributed by atoms with van der Waals surface area (Å²) in [6.45, 7) is 3.53. The lowest BCUT2D eigenvalue weighted by molar-refractivity contribution is -0.00921. The van der Waals surface area contributed by atoms with E-state index in [1.807, 2.05) is 0 Å². The van der Waals surface area contributed by atoms with E-state index >= 15 is 0 Å². The Hall–Kier alpha value is -0.120. The van der Waals surface area contributed by atoms with Gasteiger partial charge >= 0.3 is 0 Å². The standard InChI is InChI=1S/C10H21NO2/c1-10(11)5-3-9(4-6-10)13-8-7-12-2/h9H,3-8,11H2,1-2H3. The van der Waals surface area contributed by atoms with Gasteiger partial charge in [-0.1, -0.05) is 0 Å². The number of ether oxygens (including phenoxy) is 2. The number of hydrogen-bond donors (Lipinski definition) is 1. The highest BCUT2D eigenvalue weighted by Gasteiger charge is 2.27. The van der Waals surface area contributed by atoms with E-state index in [1.165, 1.54) is 0 Å². The molecule has 0 amide bonds. The second kappa shape index (κ2) is 4.94. The molecule has 2 N–H and O–H groups in total. The topological polar surface area (TPSA) is 44.5 Å². The fraction of sp³-hybridized carbons (Fsp3) is 1.00. The molecule has 0 aromatic heterocycles. The van der Waals surface area contributed by atoms with Crippen molar-refractivity contribution in [2.75, 3.05) is 20.3 Å². The van der Waals surface area contributed by atoms with Crippen molar-refractivity contribution < 1.29 is 9.47 Å². The minimum absolute atomic E-state index is 0.0428. The van der Waals surface area contributed by atoms with Crippen LogP contribution in [0.4, 0.5) is 0 Å². The third kappa shape index (κ3) is 4.07. The first kappa shape index (κ1) is 11.0. The molecule has 1 aliphatic rings. The first-order valence-corrected chi connectivity index (χ1v) is 5.03. The van der Waals surface area contributed by atoms with E-state index < -0.39 is 0 Å². The van der Waals surface area contributed by atoms with Crippen molar-refractivity contribution in [3.05, 3.63) is 0 Å². The van der Waals surface area contributed by atoms with Gasteiger partial charge in [0.05, 0.1) is 19.3 Å². The molecule has 0 saturated heterocycles. The highest BCUT2D eigenvalue weighted by Crippen LogP contribution is 2.27. The molecule has 0 spiro atoms. The molecular weight excluding hydrogens is 166 g/mol. The van der Waals surface area contributed by atoms with Gasteiger partial charge in [-0.3, -0.25) is 0 Å². The number of methoxy groups -OCH3 is 1. The molecule has 0 heterocycles. The Kier molecular flexibility index (Phi) is 4.16. The van der Waals surface area contributed by atoms with Gasteiger partial charge in [0.15, 0.2) is 0 Å². The fourth-order valence-corrected chi connectivity index (χ4v) is 1.72. The van der Waals surface area contributed by atoms with Crippen molar-refractivity contribution in [2.24, 2.45) is 5.73 Å². The van der Waals surface area contributed by atoms with Crippen LogP contribution >= 0.6 is 0 Å². The van der Waals surface area contributed by atoms with Crippen molar-refractivity contribution in [2.45, 2.75) is 44.2 Å². The molecular formula is C10H21NO2. The lowest BCUT2D eigenvalue weighted by atomic mass is 9.83. The highest BCUT2D eigenvalue weighted by molar-refractivity contribution is 4.85. The van der Waals surface area contributed by atoms with E-state index in [1.54, 1.807) is 7.11 Å². The number of hydrogen-bond acceptors (Lipinski definition) is 3. The number of nitrogens with two attached hydrogens (primary N) is 1. The Morgan fingerprint density at radius 2 is 1.92 bits per heavy atom. The third-order valence-corrected chi connectivity index (χ3v) is 2.72. The maximum atomic E-state index is 6.01. The van der Waals surface area contributed by atoms with Crippen LogP contribution in [0.15, 0.2) is 0 Å². The van der Waals surface area contributed by atoms with Gasteiger partial charge in [0.2, 0.25) is 0 Å². The Morgan fingerprint density at radius 1 is 1.31 bits per heavy atom. The van der Waals surface area contributed by atoms with Gasteiger partial charge in [-0.15, -0.1) is 0 Å². The molecule has 1 rings (SSSR count). The van der Waals surface area contributed by atoms with Crippen molar-refractivity contribution in [1.82, 2.24) is 0 Å². The van der Waals surface area contributed by atoms with E-state index in [2.05, 4.69) is 6.92 Å². The van der Waals surface area contributed by atoms with Crippen LogP contribution in [0.1, 0.15) is 32.6 Å². The predicted octanol–water partition coefficient (Wildman–Crippen LogP) is 1.31. The molecule has 1 saturated carbocycles. The summed E-state index contributed by atoms with van der Waals surface area (Å²) >= 11 is 0. The summed E-state index contributed by atoms with van der Waals surface area (Å²) in [4.78, 5) is 0. The predicted molar refractivity (Wildman–Crippen MR) is 52.7 cm³/mol. The largest absolute Gasteiger partial charge is 0.382 e. The zero-order valence-corrected chi connectivity index (χ0v) is 8.71. The molecule has 3 nitrogen and oxygen atoms in total. The van der Waals surface area contributed by atoms with Gasteiger partial charge < -0.3 is 15.2 Å². The van der Waals surface area contributed by atoms with Gasteiger partial charge in [0.25, 0.3) is 0 Å². The summed E-state index contributed by atoms with van der Waals surface area (Å²) in [7, 11) is 1.70. The summed E-state index contributed by atoms with van der Waals surface area (Å²) in [5.74, 6) is 0. The van der Waals surface area contributed by atoms with Crippen molar-refractivity contribution >= 4 is 0 Å². The van der Waals surface area contributed by atoms with E-state index in [0.29, 0.717) is 19.3 Å². The third-order valence-electron chi connectivity index (χ3n) is 2.72. The second-order valence-electron chi connectivity index (χ2n) is 4.22. The minimum Gasteiger partial charge on any atom is -0.382 e. The molecule has 3 heteroatoms. The molecule has 13 heavy (non-hydrogen) atoms. The van der Waals surface area contributed by atoms with Crippen molar-refractivity contribution in [3.63, 3.8) is 0 Å². The van der Waals surface area contributed by atoms with Crippen molar-refractivity contribution in [1.29, 1.82) is 0 Å². The van der Waals surface area contributed by atoms with Crippen LogP contribution in [0.2, 0.25) is 0 Å². The van der Waals surface area contributed by atoms with E-state index in [4.69, 9.17) is 15.2 Å². The van der Waals surface area contributed by atoms with Crippen LogP contribution in [0, 0.1) is 0 Å². The smallest absolute Gasteiger partial charge is 0.0704 e. The minimum atomic E-state index is 0.0428. The van der Waals surface area contributed by atoms with Gasteiger partial charge in [0.1, 0.15) is 0 Å². The maximum Gasteiger partial charge on any atom is 0.0704 e. The molecule has 0 bridgehead atoms. The molecule has 0 aliphatic heterocycles.